The zero-order chi connectivity index (χ0) is 8.97. The van der Waals surface area contributed by atoms with E-state index in [4.69, 9.17) is 11.6 Å². The Balaban J connectivity index is 2.63. The summed E-state index contributed by atoms with van der Waals surface area (Å²) < 4.78 is 0. The molecule has 1 aromatic rings. The number of hydrogen-bond donors (Lipinski definition) is 0. The monoisotopic (exact) mass is 183 g/mol. The highest BCUT2D eigenvalue weighted by Gasteiger charge is 1.97. The number of benzene rings is 1. The number of rotatable bonds is 3. The minimum absolute atomic E-state index is 0.577. The molecular formula is C10H14ClN. The molecule has 0 aliphatic carbocycles. The summed E-state index contributed by atoms with van der Waals surface area (Å²) in [6, 6.07) is 9.06. The highest BCUT2D eigenvalue weighted by atomic mass is 35.5. The summed E-state index contributed by atoms with van der Waals surface area (Å²) in [5.41, 5.74) is 2.62. The topological polar surface area (TPSA) is 3.24 Å². The number of aryl methyl sites for hydroxylation is 1. The van der Waals surface area contributed by atoms with Gasteiger partial charge in [-0.1, -0.05) is 29.8 Å². The fourth-order valence-corrected chi connectivity index (χ4v) is 1.25. The van der Waals surface area contributed by atoms with Crippen LogP contribution in [0, 0.1) is 6.92 Å². The molecule has 0 atom stereocenters. The average Bonchev–Trinajstić information content (AvgIpc) is 2.04. The Morgan fingerprint density at radius 1 is 1.42 bits per heavy atom. The van der Waals surface area contributed by atoms with E-state index in [2.05, 4.69) is 36.1 Å². The van der Waals surface area contributed by atoms with E-state index in [-0.39, 0.29) is 0 Å². The SMILES string of the molecule is Cc1cccc(CN(C)CCl)c1. The zero-order valence-corrected chi connectivity index (χ0v) is 8.30. The molecular weight excluding hydrogens is 170 g/mol. The highest BCUT2D eigenvalue weighted by molar-refractivity contribution is 6.17. The van der Waals surface area contributed by atoms with Gasteiger partial charge in [-0.3, -0.25) is 4.90 Å². The predicted octanol–water partition coefficient (Wildman–Crippen LogP) is 2.62. The van der Waals surface area contributed by atoms with E-state index < -0.39 is 0 Å². The van der Waals surface area contributed by atoms with Crippen molar-refractivity contribution in [3.63, 3.8) is 0 Å². The summed E-state index contributed by atoms with van der Waals surface area (Å²) in [4.78, 5) is 2.07. The van der Waals surface area contributed by atoms with E-state index >= 15 is 0 Å². The van der Waals surface area contributed by atoms with Gasteiger partial charge in [0.1, 0.15) is 0 Å². The van der Waals surface area contributed by atoms with Crippen molar-refractivity contribution in [2.45, 2.75) is 13.5 Å². The molecule has 0 bridgehead atoms. The van der Waals surface area contributed by atoms with E-state index in [0.717, 1.165) is 6.54 Å². The summed E-state index contributed by atoms with van der Waals surface area (Å²) in [6.45, 7) is 3.02. The number of hydrogen-bond acceptors (Lipinski definition) is 1. The Bertz CT molecular complexity index is 247. The molecule has 2 heteroatoms. The Labute approximate surface area is 79.0 Å². The number of halogens is 1. The van der Waals surface area contributed by atoms with E-state index in [1.54, 1.807) is 0 Å². The molecule has 0 aromatic heterocycles. The van der Waals surface area contributed by atoms with Crippen molar-refractivity contribution in [3.05, 3.63) is 35.4 Å². The molecule has 0 saturated heterocycles. The minimum atomic E-state index is 0.577. The van der Waals surface area contributed by atoms with Gasteiger partial charge in [-0.2, -0.15) is 0 Å². The highest BCUT2D eigenvalue weighted by Crippen LogP contribution is 2.06. The average molecular weight is 184 g/mol. The first-order valence-electron chi connectivity index (χ1n) is 4.02. The van der Waals surface area contributed by atoms with Crippen LogP contribution in [0.5, 0.6) is 0 Å². The van der Waals surface area contributed by atoms with Crippen LogP contribution in [0.4, 0.5) is 0 Å². The van der Waals surface area contributed by atoms with Gasteiger partial charge in [-0.15, -0.1) is 11.6 Å². The molecule has 1 aromatic carbocycles. The summed E-state index contributed by atoms with van der Waals surface area (Å²) in [6.07, 6.45) is 0. The molecule has 1 nitrogen and oxygen atoms in total. The molecule has 0 saturated carbocycles. The van der Waals surface area contributed by atoms with E-state index in [1.807, 2.05) is 7.05 Å². The molecule has 0 radical (unpaired) electrons. The first kappa shape index (κ1) is 9.56. The second kappa shape index (κ2) is 4.48. The standard InChI is InChI=1S/C10H14ClN/c1-9-4-3-5-10(6-9)7-12(2)8-11/h3-6H,7-8H2,1-2H3. The normalized spacial score (nSPS) is 10.7. The molecule has 0 aliphatic heterocycles. The van der Waals surface area contributed by atoms with E-state index in [0.29, 0.717) is 6.00 Å². The van der Waals surface area contributed by atoms with Gasteiger partial charge in [0.25, 0.3) is 0 Å². The van der Waals surface area contributed by atoms with Crippen LogP contribution in [0.15, 0.2) is 24.3 Å². The lowest BCUT2D eigenvalue weighted by Gasteiger charge is -2.12. The van der Waals surface area contributed by atoms with Crippen molar-refractivity contribution < 1.29 is 0 Å². The maximum atomic E-state index is 5.67. The van der Waals surface area contributed by atoms with Gasteiger partial charge < -0.3 is 0 Å². The quantitative estimate of drug-likeness (QED) is 0.515. The molecule has 1 rings (SSSR count). The molecule has 0 amide bonds. The van der Waals surface area contributed by atoms with Gasteiger partial charge in [-0.05, 0) is 19.5 Å². The fraction of sp³-hybridized carbons (Fsp3) is 0.400. The second-order valence-corrected chi connectivity index (χ2v) is 3.36. The van der Waals surface area contributed by atoms with Crippen molar-refractivity contribution in [2.24, 2.45) is 0 Å². The van der Waals surface area contributed by atoms with Gasteiger partial charge in [0.05, 0.1) is 6.00 Å². The van der Waals surface area contributed by atoms with Crippen LogP contribution in [0.25, 0.3) is 0 Å². The van der Waals surface area contributed by atoms with E-state index in [9.17, 15) is 0 Å². The minimum Gasteiger partial charge on any atom is -0.289 e. The largest absolute Gasteiger partial charge is 0.289 e. The fourth-order valence-electron chi connectivity index (χ4n) is 1.16. The number of nitrogens with zero attached hydrogens (tertiary/aromatic N) is 1. The van der Waals surface area contributed by atoms with Gasteiger partial charge in [0.2, 0.25) is 0 Å². The van der Waals surface area contributed by atoms with Crippen molar-refractivity contribution in [1.82, 2.24) is 4.90 Å². The van der Waals surface area contributed by atoms with Crippen molar-refractivity contribution in [1.29, 1.82) is 0 Å². The Morgan fingerprint density at radius 2 is 2.17 bits per heavy atom. The Hall–Kier alpha value is -0.530. The van der Waals surface area contributed by atoms with Gasteiger partial charge in [-0.25, -0.2) is 0 Å². The molecule has 0 unspecified atom stereocenters. The molecule has 0 heterocycles. The lowest BCUT2D eigenvalue weighted by atomic mass is 10.1. The van der Waals surface area contributed by atoms with Crippen LogP contribution >= 0.6 is 11.6 Å². The molecule has 0 spiro atoms. The maximum absolute atomic E-state index is 5.67. The van der Waals surface area contributed by atoms with Crippen LogP contribution in [0.2, 0.25) is 0 Å². The third-order valence-electron chi connectivity index (χ3n) is 1.74. The predicted molar refractivity (Wildman–Crippen MR) is 53.4 cm³/mol. The lowest BCUT2D eigenvalue weighted by molar-refractivity contribution is 0.382. The third-order valence-corrected chi connectivity index (χ3v) is 2.15. The smallest absolute Gasteiger partial charge is 0.0738 e. The summed E-state index contributed by atoms with van der Waals surface area (Å²) in [5, 5.41) is 0. The van der Waals surface area contributed by atoms with Crippen molar-refractivity contribution in [3.8, 4) is 0 Å². The lowest BCUT2D eigenvalue weighted by Crippen LogP contribution is -2.15. The molecule has 12 heavy (non-hydrogen) atoms. The van der Waals surface area contributed by atoms with Crippen molar-refractivity contribution in [2.75, 3.05) is 13.1 Å². The molecule has 0 N–H and O–H groups in total. The Kier molecular flexibility index (Phi) is 3.57. The number of alkyl halides is 1. The molecule has 0 aliphatic rings. The second-order valence-electron chi connectivity index (χ2n) is 3.12. The van der Waals surface area contributed by atoms with Crippen LogP contribution in [0.1, 0.15) is 11.1 Å². The summed E-state index contributed by atoms with van der Waals surface area (Å²) in [5.74, 6) is 0. The van der Waals surface area contributed by atoms with Crippen LogP contribution in [-0.4, -0.2) is 18.0 Å². The summed E-state index contributed by atoms with van der Waals surface area (Å²) in [7, 11) is 2.01. The van der Waals surface area contributed by atoms with Crippen LogP contribution < -0.4 is 0 Å². The van der Waals surface area contributed by atoms with Crippen LogP contribution in [-0.2, 0) is 6.54 Å². The van der Waals surface area contributed by atoms with Gasteiger partial charge in [0.15, 0.2) is 0 Å². The van der Waals surface area contributed by atoms with Gasteiger partial charge >= 0.3 is 0 Å². The third kappa shape index (κ3) is 2.84. The molecule has 66 valence electrons. The van der Waals surface area contributed by atoms with E-state index in [1.165, 1.54) is 11.1 Å². The first-order chi connectivity index (χ1) is 5.72. The maximum Gasteiger partial charge on any atom is 0.0738 e. The molecule has 0 fully saturated rings. The summed E-state index contributed by atoms with van der Waals surface area (Å²) >= 11 is 5.67. The van der Waals surface area contributed by atoms with Crippen molar-refractivity contribution >= 4 is 11.6 Å². The van der Waals surface area contributed by atoms with Crippen LogP contribution in [0.3, 0.4) is 0 Å². The van der Waals surface area contributed by atoms with Gasteiger partial charge in [0, 0.05) is 6.54 Å². The first-order valence-corrected chi connectivity index (χ1v) is 4.56. The Morgan fingerprint density at radius 3 is 2.75 bits per heavy atom. The zero-order valence-electron chi connectivity index (χ0n) is 7.55.